The van der Waals surface area contributed by atoms with Gasteiger partial charge in [-0.1, -0.05) is 34.8 Å². The summed E-state index contributed by atoms with van der Waals surface area (Å²) in [5.41, 5.74) is 0.956. The quantitative estimate of drug-likeness (QED) is 0.394. The molecule has 1 amide bonds. The number of ether oxygens (including phenoxy) is 2. The maximum absolute atomic E-state index is 14.6. The summed E-state index contributed by atoms with van der Waals surface area (Å²) in [7, 11) is 1.49. The van der Waals surface area contributed by atoms with Crippen LogP contribution in [0, 0.1) is 5.82 Å². The Bertz CT molecular complexity index is 1370. The number of benzene rings is 3. The highest BCUT2D eigenvalue weighted by atomic mass is 19.2. The molecule has 1 N–H and O–H groups in total. The number of amides is 1. The lowest BCUT2D eigenvalue weighted by Crippen LogP contribution is -2.27. The highest BCUT2D eigenvalue weighted by Crippen LogP contribution is 2.22. The number of nitrogens with one attached hydrogen (secondary N) is 1. The van der Waals surface area contributed by atoms with Gasteiger partial charge in [-0.3, -0.25) is 9.59 Å². The number of aromatic amines is 1. The van der Waals surface area contributed by atoms with Gasteiger partial charge in [-0.05, 0) is 47.5 Å². The van der Waals surface area contributed by atoms with Crippen molar-refractivity contribution in [3.63, 3.8) is 0 Å². The number of hydrogen-bond acceptors (Lipinski definition) is 5. The fourth-order valence-corrected chi connectivity index (χ4v) is 3.43. The predicted octanol–water partition coefficient (Wildman–Crippen LogP) is 4.22. The third kappa shape index (κ3) is 5.20. The Labute approximate surface area is 193 Å². The maximum Gasteiger partial charge on any atom is 0.317 e. The van der Waals surface area contributed by atoms with Gasteiger partial charge in [0.25, 0.3) is 5.56 Å². The summed E-state index contributed by atoms with van der Waals surface area (Å²) in [6.07, 6.45) is 0.500. The van der Waals surface area contributed by atoms with E-state index in [2.05, 4.69) is 9.97 Å². The standard InChI is InChI=1S/C25H21F2N3O4/c1-33-19-5-2-4-17(14-19)15-30(27)25(32)23-28-20-6-3-7-21(22(20)24(31)29-23)34-13-12-16-8-10-18(26)11-9-16/h2-11,14H,12-13,15H2,1H3,(H,28,29,31). The largest absolute Gasteiger partial charge is 0.497 e. The van der Waals surface area contributed by atoms with Crippen molar-refractivity contribution in [2.45, 2.75) is 13.0 Å². The number of carbonyl (C=O) groups excluding carboxylic acids is 1. The van der Waals surface area contributed by atoms with Gasteiger partial charge in [-0.2, -0.15) is 5.12 Å². The molecule has 0 atom stereocenters. The van der Waals surface area contributed by atoms with Crippen LogP contribution in [0.4, 0.5) is 8.87 Å². The van der Waals surface area contributed by atoms with Gasteiger partial charge in [0.1, 0.15) is 22.7 Å². The third-order valence-electron chi connectivity index (χ3n) is 5.14. The minimum atomic E-state index is -1.08. The number of carbonyl (C=O) groups is 1. The Kier molecular flexibility index (Phi) is 6.82. The molecule has 4 aromatic rings. The molecule has 0 saturated carbocycles. The molecule has 0 aliphatic rings. The molecule has 34 heavy (non-hydrogen) atoms. The van der Waals surface area contributed by atoms with Gasteiger partial charge in [0, 0.05) is 6.42 Å². The Morgan fingerprint density at radius 3 is 2.59 bits per heavy atom. The highest BCUT2D eigenvalue weighted by Gasteiger charge is 2.21. The second-order valence-corrected chi connectivity index (χ2v) is 7.47. The third-order valence-corrected chi connectivity index (χ3v) is 5.14. The normalized spacial score (nSPS) is 10.8. The first-order valence-corrected chi connectivity index (χ1v) is 10.5. The highest BCUT2D eigenvalue weighted by molar-refractivity contribution is 5.93. The van der Waals surface area contributed by atoms with Crippen molar-refractivity contribution in [1.82, 2.24) is 15.1 Å². The lowest BCUT2D eigenvalue weighted by atomic mass is 10.1. The van der Waals surface area contributed by atoms with E-state index >= 15 is 0 Å². The lowest BCUT2D eigenvalue weighted by Gasteiger charge is -2.13. The Morgan fingerprint density at radius 2 is 1.82 bits per heavy atom. The summed E-state index contributed by atoms with van der Waals surface area (Å²) in [5.74, 6) is -1.02. The topological polar surface area (TPSA) is 84.5 Å². The van der Waals surface area contributed by atoms with Gasteiger partial charge in [-0.25, -0.2) is 9.37 Å². The van der Waals surface area contributed by atoms with Crippen LogP contribution < -0.4 is 15.0 Å². The van der Waals surface area contributed by atoms with Gasteiger partial charge in [-0.15, -0.1) is 0 Å². The van der Waals surface area contributed by atoms with Gasteiger partial charge in [0.05, 0.1) is 25.8 Å². The maximum atomic E-state index is 14.6. The summed E-state index contributed by atoms with van der Waals surface area (Å²) in [5, 5.41) is 0.124. The molecule has 3 aromatic carbocycles. The zero-order chi connectivity index (χ0) is 24.1. The first kappa shape index (κ1) is 22.9. The van der Waals surface area contributed by atoms with Crippen molar-refractivity contribution in [1.29, 1.82) is 0 Å². The smallest absolute Gasteiger partial charge is 0.317 e. The molecule has 0 aliphatic heterocycles. The van der Waals surface area contributed by atoms with Crippen molar-refractivity contribution in [3.8, 4) is 11.5 Å². The zero-order valence-electron chi connectivity index (χ0n) is 18.3. The van der Waals surface area contributed by atoms with Gasteiger partial charge in [0.2, 0.25) is 5.82 Å². The predicted molar refractivity (Wildman–Crippen MR) is 122 cm³/mol. The molecule has 7 nitrogen and oxygen atoms in total. The van der Waals surface area contributed by atoms with E-state index in [0.717, 1.165) is 5.56 Å². The summed E-state index contributed by atoms with van der Waals surface area (Å²) >= 11 is 0. The number of fused-ring (bicyclic) bond motifs is 1. The molecular formula is C25H21F2N3O4. The molecule has 1 aromatic heterocycles. The molecule has 1 heterocycles. The molecule has 0 bridgehead atoms. The fraction of sp³-hybridized carbons (Fsp3) is 0.160. The summed E-state index contributed by atoms with van der Waals surface area (Å²) in [6, 6.07) is 17.4. The van der Waals surface area contributed by atoms with E-state index in [1.54, 1.807) is 54.6 Å². The van der Waals surface area contributed by atoms with Gasteiger partial charge >= 0.3 is 5.91 Å². The molecule has 0 aliphatic carbocycles. The van der Waals surface area contributed by atoms with Crippen LogP contribution in [0.15, 0.2) is 71.5 Å². The van der Waals surface area contributed by atoms with E-state index < -0.39 is 17.3 Å². The second kappa shape index (κ2) is 10.1. The van der Waals surface area contributed by atoms with E-state index in [0.29, 0.717) is 17.7 Å². The molecule has 0 unspecified atom stereocenters. The molecule has 0 spiro atoms. The minimum absolute atomic E-state index is 0.0259. The second-order valence-electron chi connectivity index (χ2n) is 7.47. The summed E-state index contributed by atoms with van der Waals surface area (Å²) < 4.78 is 38.5. The lowest BCUT2D eigenvalue weighted by molar-refractivity contribution is 0.0136. The van der Waals surface area contributed by atoms with E-state index in [9.17, 15) is 18.5 Å². The van der Waals surface area contributed by atoms with Crippen LogP contribution in [-0.4, -0.2) is 34.7 Å². The van der Waals surface area contributed by atoms with Crippen molar-refractivity contribution >= 4 is 16.8 Å². The van der Waals surface area contributed by atoms with E-state index in [-0.39, 0.29) is 40.7 Å². The van der Waals surface area contributed by atoms with Crippen LogP contribution in [0.25, 0.3) is 10.9 Å². The molecule has 9 heteroatoms. The number of H-pyrrole nitrogens is 1. The number of hydrogen-bond donors (Lipinski definition) is 1. The number of methoxy groups -OCH3 is 1. The minimum Gasteiger partial charge on any atom is -0.497 e. The Balaban J connectivity index is 1.51. The zero-order valence-corrected chi connectivity index (χ0v) is 18.3. The van der Waals surface area contributed by atoms with Crippen LogP contribution in [0.3, 0.4) is 0 Å². The molecule has 0 saturated heterocycles. The Hall–Kier alpha value is -4.27. The molecular weight excluding hydrogens is 444 g/mol. The van der Waals surface area contributed by atoms with Gasteiger partial charge < -0.3 is 14.5 Å². The molecule has 4 rings (SSSR count). The summed E-state index contributed by atoms with van der Waals surface area (Å²) in [6.45, 7) is -0.103. The first-order valence-electron chi connectivity index (χ1n) is 10.5. The van der Waals surface area contributed by atoms with E-state index in [1.807, 2.05) is 0 Å². The van der Waals surface area contributed by atoms with Gasteiger partial charge in [0.15, 0.2) is 0 Å². The summed E-state index contributed by atoms with van der Waals surface area (Å²) in [4.78, 5) is 31.8. The van der Waals surface area contributed by atoms with E-state index in [4.69, 9.17) is 9.47 Å². The van der Waals surface area contributed by atoms with Crippen LogP contribution in [-0.2, 0) is 13.0 Å². The average molecular weight is 465 g/mol. The monoisotopic (exact) mass is 465 g/mol. The first-order chi connectivity index (χ1) is 16.4. The van der Waals surface area contributed by atoms with Crippen molar-refractivity contribution in [2.24, 2.45) is 0 Å². The van der Waals surface area contributed by atoms with Crippen molar-refractivity contribution < 1.29 is 23.1 Å². The Morgan fingerprint density at radius 1 is 1.06 bits per heavy atom. The van der Waals surface area contributed by atoms with E-state index in [1.165, 1.54) is 19.2 Å². The number of nitrogens with zero attached hydrogens (tertiary/aromatic N) is 2. The number of halogens is 2. The SMILES string of the molecule is COc1cccc(CN(F)C(=O)c2nc3cccc(OCCc4ccc(F)cc4)c3c(=O)[nH]2)c1. The van der Waals surface area contributed by atoms with Crippen molar-refractivity contribution in [2.75, 3.05) is 13.7 Å². The van der Waals surface area contributed by atoms with Crippen LogP contribution in [0.2, 0.25) is 0 Å². The molecule has 0 fully saturated rings. The van der Waals surface area contributed by atoms with Crippen LogP contribution in [0.5, 0.6) is 11.5 Å². The number of aromatic nitrogens is 2. The fourth-order valence-electron chi connectivity index (χ4n) is 3.43. The van der Waals surface area contributed by atoms with Crippen molar-refractivity contribution in [3.05, 3.63) is 99.9 Å². The molecule has 0 radical (unpaired) electrons. The molecule has 174 valence electrons. The average Bonchev–Trinajstić information content (AvgIpc) is 2.84. The van der Waals surface area contributed by atoms with Crippen LogP contribution in [0.1, 0.15) is 21.7 Å². The number of rotatable bonds is 8. The van der Waals surface area contributed by atoms with Crippen LogP contribution >= 0.6 is 0 Å².